The van der Waals surface area contributed by atoms with Gasteiger partial charge in [-0.25, -0.2) is 0 Å². The standard InChI is InChI=1S/C12H9N3O2/c13-15-14-4-2-1-3-10-5-11(8-16)7-12(6-10)9-17/h5-9H,2,4H2. The van der Waals surface area contributed by atoms with E-state index in [1.54, 1.807) is 12.1 Å². The van der Waals surface area contributed by atoms with Crippen molar-refractivity contribution in [3.63, 3.8) is 0 Å². The van der Waals surface area contributed by atoms with E-state index in [0.717, 1.165) is 0 Å². The fraction of sp³-hybridized carbons (Fsp3) is 0.167. The van der Waals surface area contributed by atoms with Crippen molar-refractivity contribution in [1.29, 1.82) is 0 Å². The lowest BCUT2D eigenvalue weighted by Gasteiger charge is -1.95. The van der Waals surface area contributed by atoms with Crippen molar-refractivity contribution in [3.05, 3.63) is 45.3 Å². The van der Waals surface area contributed by atoms with Crippen LogP contribution in [0.3, 0.4) is 0 Å². The van der Waals surface area contributed by atoms with Gasteiger partial charge in [0.1, 0.15) is 12.6 Å². The Balaban J connectivity index is 2.85. The van der Waals surface area contributed by atoms with E-state index >= 15 is 0 Å². The molecule has 0 unspecified atom stereocenters. The molecule has 0 saturated heterocycles. The van der Waals surface area contributed by atoms with E-state index < -0.39 is 0 Å². The Labute approximate surface area is 98.1 Å². The van der Waals surface area contributed by atoms with E-state index in [1.807, 2.05) is 0 Å². The van der Waals surface area contributed by atoms with Crippen molar-refractivity contribution < 1.29 is 9.59 Å². The SMILES string of the molecule is [N-]=[N+]=NCCC#Cc1cc(C=O)cc(C=O)c1. The van der Waals surface area contributed by atoms with E-state index in [1.165, 1.54) is 6.07 Å². The Morgan fingerprint density at radius 2 is 1.88 bits per heavy atom. The molecule has 1 rings (SSSR count). The quantitative estimate of drug-likeness (QED) is 0.197. The number of rotatable bonds is 4. The highest BCUT2D eigenvalue weighted by atomic mass is 16.1. The highest BCUT2D eigenvalue weighted by Gasteiger charge is 1.97. The summed E-state index contributed by atoms with van der Waals surface area (Å²) in [4.78, 5) is 23.8. The molecule has 5 heteroatoms. The molecule has 5 nitrogen and oxygen atoms in total. The fourth-order valence-corrected chi connectivity index (χ4v) is 1.20. The van der Waals surface area contributed by atoms with Crippen LogP contribution in [0.1, 0.15) is 32.7 Å². The van der Waals surface area contributed by atoms with Gasteiger partial charge in [-0.15, -0.1) is 0 Å². The number of carbonyl (C=O) groups excluding carboxylic acids is 2. The Hall–Kier alpha value is -2.57. The van der Waals surface area contributed by atoms with E-state index in [-0.39, 0.29) is 0 Å². The zero-order valence-corrected chi connectivity index (χ0v) is 8.96. The Morgan fingerprint density at radius 1 is 1.24 bits per heavy atom. The van der Waals surface area contributed by atoms with E-state index in [2.05, 4.69) is 21.9 Å². The molecule has 0 spiro atoms. The molecule has 0 amide bonds. The van der Waals surface area contributed by atoms with Crippen LogP contribution in [0.5, 0.6) is 0 Å². The number of hydrogen-bond acceptors (Lipinski definition) is 3. The van der Waals surface area contributed by atoms with Crippen LogP contribution in [0.2, 0.25) is 0 Å². The Kier molecular flexibility index (Phi) is 5.02. The molecule has 84 valence electrons. The molecular weight excluding hydrogens is 218 g/mol. The lowest BCUT2D eigenvalue weighted by atomic mass is 10.1. The molecule has 0 N–H and O–H groups in total. The summed E-state index contributed by atoms with van der Waals surface area (Å²) in [5, 5.41) is 3.34. The number of benzene rings is 1. The Morgan fingerprint density at radius 3 is 2.41 bits per heavy atom. The highest BCUT2D eigenvalue weighted by Crippen LogP contribution is 2.06. The maximum Gasteiger partial charge on any atom is 0.150 e. The van der Waals surface area contributed by atoms with Gasteiger partial charge < -0.3 is 0 Å². The molecule has 1 aromatic carbocycles. The van der Waals surface area contributed by atoms with Crippen LogP contribution in [-0.4, -0.2) is 19.1 Å². The monoisotopic (exact) mass is 227 g/mol. The molecule has 0 atom stereocenters. The highest BCUT2D eigenvalue weighted by molar-refractivity contribution is 5.83. The van der Waals surface area contributed by atoms with E-state index in [9.17, 15) is 9.59 Å². The first-order valence-electron chi connectivity index (χ1n) is 4.85. The van der Waals surface area contributed by atoms with E-state index in [0.29, 0.717) is 42.2 Å². The van der Waals surface area contributed by atoms with Crippen molar-refractivity contribution in [2.24, 2.45) is 5.11 Å². The summed E-state index contributed by atoms with van der Waals surface area (Å²) < 4.78 is 0. The van der Waals surface area contributed by atoms with Gasteiger partial charge in [-0.1, -0.05) is 17.0 Å². The molecule has 0 bridgehead atoms. The summed E-state index contributed by atoms with van der Waals surface area (Å²) in [7, 11) is 0. The van der Waals surface area contributed by atoms with Crippen LogP contribution >= 0.6 is 0 Å². The van der Waals surface area contributed by atoms with Crippen LogP contribution in [0.4, 0.5) is 0 Å². The van der Waals surface area contributed by atoms with Gasteiger partial charge in [0, 0.05) is 34.6 Å². The molecule has 0 fully saturated rings. The molecule has 1 aromatic rings. The van der Waals surface area contributed by atoms with Gasteiger partial charge in [-0.05, 0) is 23.7 Å². The third kappa shape index (κ3) is 4.20. The number of azide groups is 1. The van der Waals surface area contributed by atoms with Crippen LogP contribution < -0.4 is 0 Å². The summed E-state index contributed by atoms with van der Waals surface area (Å²) in [5.41, 5.74) is 9.47. The van der Waals surface area contributed by atoms with Gasteiger partial charge in [0.15, 0.2) is 0 Å². The minimum absolute atomic E-state index is 0.303. The number of carbonyl (C=O) groups is 2. The molecule has 0 aromatic heterocycles. The summed E-state index contributed by atoms with van der Waals surface area (Å²) in [6.07, 6.45) is 1.77. The van der Waals surface area contributed by atoms with Crippen molar-refractivity contribution >= 4 is 12.6 Å². The second-order valence-corrected chi connectivity index (χ2v) is 3.13. The molecule has 0 aliphatic heterocycles. The zero-order chi connectivity index (χ0) is 12.5. The summed E-state index contributed by atoms with van der Waals surface area (Å²) in [5.74, 6) is 5.59. The molecule has 17 heavy (non-hydrogen) atoms. The predicted octanol–water partition coefficient (Wildman–Crippen LogP) is 2.36. The van der Waals surface area contributed by atoms with Gasteiger partial charge in [0.25, 0.3) is 0 Å². The smallest absolute Gasteiger partial charge is 0.150 e. The second-order valence-electron chi connectivity index (χ2n) is 3.13. The first kappa shape index (κ1) is 12.5. The summed E-state index contributed by atoms with van der Waals surface area (Å²) >= 11 is 0. The molecule has 0 saturated carbocycles. The first-order valence-corrected chi connectivity index (χ1v) is 4.85. The number of hydrogen-bond donors (Lipinski definition) is 0. The van der Waals surface area contributed by atoms with Crippen LogP contribution in [0.15, 0.2) is 23.3 Å². The zero-order valence-electron chi connectivity index (χ0n) is 8.96. The van der Waals surface area contributed by atoms with Crippen molar-refractivity contribution in [2.45, 2.75) is 6.42 Å². The summed E-state index contributed by atoms with van der Waals surface area (Å²) in [6, 6.07) is 4.69. The lowest BCUT2D eigenvalue weighted by molar-refractivity contribution is 0.112. The third-order valence-corrected chi connectivity index (χ3v) is 1.88. The third-order valence-electron chi connectivity index (χ3n) is 1.88. The predicted molar refractivity (Wildman–Crippen MR) is 62.7 cm³/mol. The van der Waals surface area contributed by atoms with Crippen LogP contribution in [0.25, 0.3) is 10.4 Å². The topological polar surface area (TPSA) is 82.9 Å². The van der Waals surface area contributed by atoms with Gasteiger partial charge in [-0.3, -0.25) is 9.59 Å². The largest absolute Gasteiger partial charge is 0.298 e. The Bertz CT molecular complexity index is 508. The summed E-state index contributed by atoms with van der Waals surface area (Å²) in [6.45, 7) is 0.303. The van der Waals surface area contributed by atoms with Gasteiger partial charge >= 0.3 is 0 Å². The maximum atomic E-state index is 10.6. The van der Waals surface area contributed by atoms with Gasteiger partial charge in [0.05, 0.1) is 0 Å². The second kappa shape index (κ2) is 6.83. The van der Waals surface area contributed by atoms with Gasteiger partial charge in [0.2, 0.25) is 0 Å². The normalized spacial score (nSPS) is 8.47. The van der Waals surface area contributed by atoms with Gasteiger partial charge in [-0.2, -0.15) is 0 Å². The lowest BCUT2D eigenvalue weighted by Crippen LogP contribution is -1.88. The maximum absolute atomic E-state index is 10.6. The average molecular weight is 227 g/mol. The molecule has 0 aliphatic rings. The first-order chi connectivity index (χ1) is 8.30. The molecule has 0 heterocycles. The minimum atomic E-state index is 0.303. The fourth-order valence-electron chi connectivity index (χ4n) is 1.20. The number of nitrogens with zero attached hydrogens (tertiary/aromatic N) is 3. The molecule has 0 aliphatic carbocycles. The molecular formula is C12H9N3O2. The number of aldehydes is 2. The van der Waals surface area contributed by atoms with Crippen molar-refractivity contribution in [1.82, 2.24) is 0 Å². The average Bonchev–Trinajstić information content (AvgIpc) is 2.38. The van der Waals surface area contributed by atoms with E-state index in [4.69, 9.17) is 5.53 Å². The molecule has 0 radical (unpaired) electrons. The minimum Gasteiger partial charge on any atom is -0.298 e. The van der Waals surface area contributed by atoms with Crippen molar-refractivity contribution in [3.8, 4) is 11.8 Å². The van der Waals surface area contributed by atoms with Crippen LogP contribution in [0, 0.1) is 11.8 Å². The van der Waals surface area contributed by atoms with Crippen molar-refractivity contribution in [2.75, 3.05) is 6.54 Å². The van der Waals surface area contributed by atoms with Crippen LogP contribution in [-0.2, 0) is 0 Å².